The number of aryl methyl sites for hydroxylation is 1. The van der Waals surface area contributed by atoms with Crippen LogP contribution in [0, 0.1) is 18.7 Å². The zero-order chi connectivity index (χ0) is 25.4. The summed E-state index contributed by atoms with van der Waals surface area (Å²) in [6, 6.07) is 9.61. The second-order valence-corrected chi connectivity index (χ2v) is 8.42. The molecule has 3 rings (SSSR count). The first-order valence-corrected chi connectivity index (χ1v) is 11.4. The summed E-state index contributed by atoms with van der Waals surface area (Å²) < 4.78 is 24.0. The van der Waals surface area contributed by atoms with Crippen LogP contribution in [0.1, 0.15) is 34.3 Å². The molecular formula is C25H31FN4O5. The Morgan fingerprint density at radius 3 is 2.37 bits per heavy atom. The molecule has 1 aliphatic heterocycles. The van der Waals surface area contributed by atoms with Crippen molar-refractivity contribution in [2.45, 2.75) is 26.3 Å². The smallest absolute Gasteiger partial charge is 0.269 e. The molecule has 0 unspecified atom stereocenters. The number of rotatable bonds is 8. The number of carbonyl (C=O) groups excluding carboxylic acids is 3. The van der Waals surface area contributed by atoms with Crippen molar-refractivity contribution in [1.82, 2.24) is 21.1 Å². The number of methoxy groups -OCH3 is 2. The molecule has 1 aliphatic rings. The Bertz CT molecular complexity index is 1070. The van der Waals surface area contributed by atoms with Crippen molar-refractivity contribution in [2.24, 2.45) is 5.92 Å². The van der Waals surface area contributed by atoms with Gasteiger partial charge in [0.2, 0.25) is 5.91 Å². The summed E-state index contributed by atoms with van der Waals surface area (Å²) in [7, 11) is 2.97. The molecule has 2 aromatic carbocycles. The molecule has 2 aromatic rings. The Labute approximate surface area is 203 Å². The maximum Gasteiger partial charge on any atom is 0.269 e. The van der Waals surface area contributed by atoms with E-state index >= 15 is 0 Å². The summed E-state index contributed by atoms with van der Waals surface area (Å²) in [5, 5.41) is 2.87. The first-order valence-electron chi connectivity index (χ1n) is 11.4. The van der Waals surface area contributed by atoms with Gasteiger partial charge < -0.3 is 14.8 Å². The summed E-state index contributed by atoms with van der Waals surface area (Å²) >= 11 is 0. The predicted molar refractivity (Wildman–Crippen MR) is 127 cm³/mol. The van der Waals surface area contributed by atoms with Gasteiger partial charge in [0.1, 0.15) is 5.82 Å². The fourth-order valence-electron chi connectivity index (χ4n) is 3.85. The lowest BCUT2D eigenvalue weighted by atomic mass is 9.96. The molecule has 0 aromatic heterocycles. The molecule has 0 bridgehead atoms. The Morgan fingerprint density at radius 1 is 1.00 bits per heavy atom. The van der Waals surface area contributed by atoms with E-state index in [9.17, 15) is 18.8 Å². The number of ether oxygens (including phenoxy) is 2. The second-order valence-electron chi connectivity index (χ2n) is 8.42. The molecule has 0 atom stereocenters. The van der Waals surface area contributed by atoms with Crippen molar-refractivity contribution in [1.29, 1.82) is 0 Å². The number of likely N-dealkylation sites (tertiary alicyclic amines) is 1. The highest BCUT2D eigenvalue weighted by Crippen LogP contribution is 2.27. The van der Waals surface area contributed by atoms with Crippen LogP contribution in [-0.4, -0.2) is 56.5 Å². The van der Waals surface area contributed by atoms with Gasteiger partial charge >= 0.3 is 0 Å². The third kappa shape index (κ3) is 7.16. The van der Waals surface area contributed by atoms with Gasteiger partial charge in [-0.05, 0) is 68.2 Å². The fourth-order valence-corrected chi connectivity index (χ4v) is 3.85. The molecule has 3 amide bonds. The summed E-state index contributed by atoms with van der Waals surface area (Å²) in [4.78, 5) is 39.0. The average Bonchev–Trinajstić information content (AvgIpc) is 2.87. The Balaban J connectivity index is 1.38. The van der Waals surface area contributed by atoms with Gasteiger partial charge in [0.25, 0.3) is 11.8 Å². The van der Waals surface area contributed by atoms with Crippen molar-refractivity contribution in [3.8, 4) is 11.5 Å². The van der Waals surface area contributed by atoms with Crippen LogP contribution in [-0.2, 0) is 16.1 Å². The van der Waals surface area contributed by atoms with E-state index < -0.39 is 5.91 Å². The molecule has 3 N–H and O–H groups in total. The number of amides is 3. The van der Waals surface area contributed by atoms with Gasteiger partial charge in [-0.25, -0.2) is 4.39 Å². The highest BCUT2D eigenvalue weighted by Gasteiger charge is 2.26. The van der Waals surface area contributed by atoms with Gasteiger partial charge in [0, 0.05) is 18.0 Å². The summed E-state index contributed by atoms with van der Waals surface area (Å²) in [6.07, 6.45) is 1.22. The first-order chi connectivity index (χ1) is 16.8. The van der Waals surface area contributed by atoms with Crippen LogP contribution < -0.4 is 25.6 Å². The lowest BCUT2D eigenvalue weighted by Gasteiger charge is -2.30. The maximum absolute atomic E-state index is 13.7. The molecule has 188 valence electrons. The molecule has 0 saturated carbocycles. The number of benzene rings is 2. The summed E-state index contributed by atoms with van der Waals surface area (Å²) in [6.45, 7) is 3.22. The first kappa shape index (κ1) is 26.0. The predicted octanol–water partition coefficient (Wildman–Crippen LogP) is 1.94. The number of nitrogens with zero attached hydrogens (tertiary/aromatic N) is 1. The minimum Gasteiger partial charge on any atom is -0.493 e. The number of hydrogen-bond acceptors (Lipinski definition) is 6. The van der Waals surface area contributed by atoms with Gasteiger partial charge in [0.05, 0.1) is 20.8 Å². The van der Waals surface area contributed by atoms with Gasteiger partial charge in [0.15, 0.2) is 11.5 Å². The summed E-state index contributed by atoms with van der Waals surface area (Å²) in [5.41, 5.74) is 6.39. The van der Waals surface area contributed by atoms with E-state index in [1.807, 2.05) is 4.90 Å². The number of nitrogens with one attached hydrogen (secondary N) is 3. The molecule has 1 heterocycles. The van der Waals surface area contributed by atoms with Gasteiger partial charge in [-0.1, -0.05) is 12.1 Å². The van der Waals surface area contributed by atoms with Crippen LogP contribution in [0.3, 0.4) is 0 Å². The Hall–Kier alpha value is -3.66. The van der Waals surface area contributed by atoms with E-state index in [1.54, 1.807) is 31.2 Å². The van der Waals surface area contributed by atoms with Crippen LogP contribution in [0.2, 0.25) is 0 Å². The largest absolute Gasteiger partial charge is 0.493 e. The zero-order valence-corrected chi connectivity index (χ0v) is 20.2. The molecular weight excluding hydrogens is 455 g/mol. The number of hydrazine groups is 1. The summed E-state index contributed by atoms with van der Waals surface area (Å²) in [5.74, 6) is -0.459. The minimum absolute atomic E-state index is 0.0720. The molecule has 0 spiro atoms. The third-order valence-electron chi connectivity index (χ3n) is 5.99. The highest BCUT2D eigenvalue weighted by molar-refractivity contribution is 5.96. The number of halogens is 1. The quantitative estimate of drug-likeness (QED) is 0.492. The molecule has 0 radical (unpaired) electrons. The van der Waals surface area contributed by atoms with Gasteiger partial charge in [-0.2, -0.15) is 0 Å². The number of carbonyl (C=O) groups is 3. The zero-order valence-electron chi connectivity index (χ0n) is 20.2. The van der Waals surface area contributed by atoms with Crippen molar-refractivity contribution in [3.05, 3.63) is 58.9 Å². The number of piperidine rings is 1. The SMILES string of the molecule is COc1ccc(C(=O)NNC(=O)CN2CCC(C(=O)NCc3ccc(C)c(F)c3)CC2)cc1OC. The third-order valence-corrected chi connectivity index (χ3v) is 5.99. The van der Waals surface area contributed by atoms with Crippen LogP contribution in [0.25, 0.3) is 0 Å². The minimum atomic E-state index is -0.483. The van der Waals surface area contributed by atoms with Crippen LogP contribution >= 0.6 is 0 Å². The van der Waals surface area contributed by atoms with Crippen molar-refractivity contribution >= 4 is 17.7 Å². The molecule has 1 fully saturated rings. The maximum atomic E-state index is 13.7. The molecule has 10 heteroatoms. The molecule has 9 nitrogen and oxygen atoms in total. The van der Waals surface area contributed by atoms with Crippen molar-refractivity contribution in [3.63, 3.8) is 0 Å². The normalized spacial score (nSPS) is 14.2. The Morgan fingerprint density at radius 2 is 1.71 bits per heavy atom. The van der Waals surface area contributed by atoms with Crippen LogP contribution in [0.5, 0.6) is 11.5 Å². The van der Waals surface area contributed by atoms with Crippen LogP contribution in [0.15, 0.2) is 36.4 Å². The van der Waals surface area contributed by atoms with E-state index in [0.717, 1.165) is 0 Å². The van der Waals surface area contributed by atoms with E-state index in [2.05, 4.69) is 16.2 Å². The standard InChI is InChI=1S/C25H31FN4O5/c1-16-4-5-17(12-20(16)26)14-27-24(32)18-8-10-30(11-9-18)15-23(31)28-29-25(33)19-6-7-21(34-2)22(13-19)35-3/h4-7,12-13,18H,8-11,14-15H2,1-3H3,(H,27,32)(H,28,31)(H,29,33). The van der Waals surface area contributed by atoms with Crippen LogP contribution in [0.4, 0.5) is 4.39 Å². The topological polar surface area (TPSA) is 109 Å². The number of hydrogen-bond donors (Lipinski definition) is 3. The van der Waals surface area contributed by atoms with E-state index in [4.69, 9.17) is 9.47 Å². The van der Waals surface area contributed by atoms with E-state index in [1.165, 1.54) is 26.4 Å². The lowest BCUT2D eigenvalue weighted by Crippen LogP contribution is -2.48. The average molecular weight is 487 g/mol. The van der Waals surface area contributed by atoms with E-state index in [-0.39, 0.29) is 36.6 Å². The van der Waals surface area contributed by atoms with Crippen molar-refractivity contribution < 1.29 is 28.2 Å². The fraction of sp³-hybridized carbons (Fsp3) is 0.400. The molecule has 1 saturated heterocycles. The van der Waals surface area contributed by atoms with Gasteiger partial charge in [-0.3, -0.25) is 30.1 Å². The van der Waals surface area contributed by atoms with Crippen molar-refractivity contribution in [2.75, 3.05) is 33.9 Å². The molecule has 0 aliphatic carbocycles. The second kappa shape index (κ2) is 12.2. The highest BCUT2D eigenvalue weighted by atomic mass is 19.1. The monoisotopic (exact) mass is 486 g/mol. The van der Waals surface area contributed by atoms with E-state index in [0.29, 0.717) is 54.1 Å². The lowest BCUT2D eigenvalue weighted by molar-refractivity contribution is -0.127. The molecule has 35 heavy (non-hydrogen) atoms. The Kier molecular flexibility index (Phi) is 9.02. The van der Waals surface area contributed by atoms with Gasteiger partial charge in [-0.15, -0.1) is 0 Å².